The molecule has 1 N–H and O–H groups in total. The SMILES string of the molecule is COC(=O)C1=C2Nc3ccccc3[C@@]23CCN(Cc2ccccc2)[C@H]3C[C@H]1c1ccoc1. The number of ether oxygens (including phenoxy) is 1. The number of hydrogen-bond donors (Lipinski definition) is 1. The van der Waals surface area contributed by atoms with Crippen molar-refractivity contribution in [3.05, 3.63) is 101 Å². The van der Waals surface area contributed by atoms with Crippen molar-refractivity contribution >= 4 is 11.7 Å². The van der Waals surface area contributed by atoms with E-state index in [2.05, 4.69) is 64.8 Å². The fraction of sp³-hybridized carbons (Fsp3) is 0.296. The monoisotopic (exact) mass is 426 g/mol. The second kappa shape index (κ2) is 7.38. The minimum Gasteiger partial charge on any atom is -0.472 e. The van der Waals surface area contributed by atoms with Crippen LogP contribution in [0.5, 0.6) is 0 Å². The smallest absolute Gasteiger partial charge is 0.336 e. The van der Waals surface area contributed by atoms with Crippen molar-refractivity contribution in [2.45, 2.75) is 36.8 Å². The summed E-state index contributed by atoms with van der Waals surface area (Å²) in [4.78, 5) is 15.8. The second-order valence-electron chi connectivity index (χ2n) is 8.99. The van der Waals surface area contributed by atoms with E-state index in [9.17, 15) is 4.79 Å². The molecular weight excluding hydrogens is 400 g/mol. The molecule has 0 radical (unpaired) electrons. The number of carbonyl (C=O) groups excluding carboxylic acids is 1. The summed E-state index contributed by atoms with van der Waals surface area (Å²) in [6.45, 7) is 1.88. The van der Waals surface area contributed by atoms with Crippen LogP contribution in [0, 0.1) is 0 Å². The van der Waals surface area contributed by atoms with Crippen molar-refractivity contribution in [1.29, 1.82) is 0 Å². The van der Waals surface area contributed by atoms with Crippen molar-refractivity contribution in [1.82, 2.24) is 4.90 Å². The fourth-order valence-electron chi connectivity index (χ4n) is 6.23. The highest BCUT2D eigenvalue weighted by molar-refractivity contribution is 5.94. The lowest BCUT2D eigenvalue weighted by Gasteiger charge is -2.43. The van der Waals surface area contributed by atoms with Crippen LogP contribution < -0.4 is 5.32 Å². The molecule has 6 rings (SSSR count). The second-order valence-corrected chi connectivity index (χ2v) is 8.99. The Hall–Kier alpha value is -3.31. The van der Waals surface area contributed by atoms with E-state index in [4.69, 9.17) is 9.15 Å². The third-order valence-electron chi connectivity index (χ3n) is 7.57. The van der Waals surface area contributed by atoms with Gasteiger partial charge >= 0.3 is 5.97 Å². The number of rotatable bonds is 4. The minimum atomic E-state index is -0.258. The molecule has 3 aromatic rings. The minimum absolute atomic E-state index is 0.0764. The molecule has 5 heteroatoms. The van der Waals surface area contributed by atoms with Gasteiger partial charge in [-0.3, -0.25) is 4.90 Å². The van der Waals surface area contributed by atoms with Crippen molar-refractivity contribution in [2.75, 3.05) is 19.0 Å². The van der Waals surface area contributed by atoms with Gasteiger partial charge in [0.1, 0.15) is 0 Å². The Morgan fingerprint density at radius 2 is 1.97 bits per heavy atom. The molecule has 2 aromatic carbocycles. The molecule has 3 atom stereocenters. The van der Waals surface area contributed by atoms with Gasteiger partial charge in [-0.2, -0.15) is 0 Å². The molecule has 3 heterocycles. The zero-order valence-electron chi connectivity index (χ0n) is 18.1. The Bertz CT molecular complexity index is 1180. The Kier molecular flexibility index (Phi) is 4.47. The van der Waals surface area contributed by atoms with Gasteiger partial charge < -0.3 is 14.5 Å². The fourth-order valence-corrected chi connectivity index (χ4v) is 6.23. The van der Waals surface area contributed by atoms with Crippen LogP contribution in [0.3, 0.4) is 0 Å². The van der Waals surface area contributed by atoms with Crippen LogP contribution in [0.15, 0.2) is 88.9 Å². The quantitative estimate of drug-likeness (QED) is 0.606. The molecule has 1 aliphatic carbocycles. The third kappa shape index (κ3) is 2.71. The summed E-state index contributed by atoms with van der Waals surface area (Å²) in [5.41, 5.74) is 6.26. The average Bonchev–Trinajstić information content (AvgIpc) is 3.56. The zero-order chi connectivity index (χ0) is 21.7. The van der Waals surface area contributed by atoms with Gasteiger partial charge in [-0.05, 0) is 41.7 Å². The van der Waals surface area contributed by atoms with Crippen LogP contribution >= 0.6 is 0 Å². The number of nitrogens with one attached hydrogen (secondary N) is 1. The largest absolute Gasteiger partial charge is 0.472 e. The summed E-state index contributed by atoms with van der Waals surface area (Å²) in [7, 11) is 1.47. The molecule has 2 aliphatic heterocycles. The molecule has 32 heavy (non-hydrogen) atoms. The lowest BCUT2D eigenvalue weighted by Crippen LogP contribution is -2.48. The number of benzene rings is 2. The van der Waals surface area contributed by atoms with Crippen LogP contribution in [0.1, 0.15) is 35.4 Å². The van der Waals surface area contributed by atoms with Crippen molar-refractivity contribution in [3.63, 3.8) is 0 Å². The maximum Gasteiger partial charge on any atom is 0.336 e. The van der Waals surface area contributed by atoms with E-state index in [0.29, 0.717) is 0 Å². The Morgan fingerprint density at radius 1 is 1.16 bits per heavy atom. The number of anilines is 1. The first-order valence-electron chi connectivity index (χ1n) is 11.2. The molecule has 0 saturated carbocycles. The summed E-state index contributed by atoms with van der Waals surface area (Å²) >= 11 is 0. The molecule has 0 unspecified atom stereocenters. The van der Waals surface area contributed by atoms with E-state index in [1.54, 1.807) is 12.5 Å². The number of nitrogens with zero attached hydrogens (tertiary/aromatic N) is 1. The molecule has 0 bridgehead atoms. The highest BCUT2D eigenvalue weighted by Crippen LogP contribution is 2.60. The van der Waals surface area contributed by atoms with Crippen LogP contribution in [0.2, 0.25) is 0 Å². The Morgan fingerprint density at radius 3 is 2.75 bits per heavy atom. The van der Waals surface area contributed by atoms with E-state index in [1.165, 1.54) is 18.2 Å². The number of fused-ring (bicyclic) bond motifs is 1. The summed E-state index contributed by atoms with van der Waals surface area (Å²) in [5, 5.41) is 3.66. The maximum atomic E-state index is 13.2. The summed E-state index contributed by atoms with van der Waals surface area (Å²) in [6, 6.07) is 21.4. The van der Waals surface area contributed by atoms with E-state index < -0.39 is 0 Å². The van der Waals surface area contributed by atoms with E-state index in [1.807, 2.05) is 6.07 Å². The standard InChI is InChI=1S/C27H26N2O3/c1-31-26(30)24-20(19-11-14-32-17-19)15-23-27(21-9-5-6-10-22(21)28-25(24)27)12-13-29(23)16-18-7-3-2-4-8-18/h2-11,14,17,20,23,28H,12-13,15-16H2,1H3/t20-,23-,27+/m0/s1. The maximum absolute atomic E-state index is 13.2. The lowest BCUT2D eigenvalue weighted by atomic mass is 9.63. The Labute approximate surface area is 187 Å². The summed E-state index contributed by atoms with van der Waals surface area (Å²) < 4.78 is 10.7. The van der Waals surface area contributed by atoms with Crippen molar-refractivity contribution in [2.24, 2.45) is 0 Å². The number of para-hydroxylation sites is 1. The van der Waals surface area contributed by atoms with Crippen molar-refractivity contribution < 1.29 is 13.9 Å². The van der Waals surface area contributed by atoms with E-state index in [0.717, 1.165) is 48.5 Å². The van der Waals surface area contributed by atoms with Gasteiger partial charge in [0, 0.05) is 36.4 Å². The topological polar surface area (TPSA) is 54.7 Å². The molecule has 1 fully saturated rings. The first kappa shape index (κ1) is 19.4. The van der Waals surface area contributed by atoms with E-state index in [-0.39, 0.29) is 23.3 Å². The first-order chi connectivity index (χ1) is 15.7. The number of methoxy groups -OCH3 is 1. The number of esters is 1. The van der Waals surface area contributed by atoms with Crippen LogP contribution in [-0.4, -0.2) is 30.6 Å². The van der Waals surface area contributed by atoms with Gasteiger partial charge in [0.05, 0.1) is 30.6 Å². The molecule has 1 spiro atoms. The lowest BCUT2D eigenvalue weighted by molar-refractivity contribution is -0.136. The number of furan rings is 1. The molecule has 0 amide bonds. The summed E-state index contributed by atoms with van der Waals surface area (Å²) in [6.07, 6.45) is 5.27. The predicted octanol–water partition coefficient (Wildman–Crippen LogP) is 4.83. The number of hydrogen-bond acceptors (Lipinski definition) is 5. The highest BCUT2D eigenvalue weighted by Gasteiger charge is 2.60. The zero-order valence-corrected chi connectivity index (χ0v) is 18.1. The molecule has 5 nitrogen and oxygen atoms in total. The van der Waals surface area contributed by atoms with Gasteiger partial charge in [0.15, 0.2) is 0 Å². The average molecular weight is 427 g/mol. The number of likely N-dealkylation sites (tertiary alicyclic amines) is 1. The first-order valence-corrected chi connectivity index (χ1v) is 11.2. The summed E-state index contributed by atoms with van der Waals surface area (Å²) in [5.74, 6) is -0.335. The van der Waals surface area contributed by atoms with Crippen molar-refractivity contribution in [3.8, 4) is 0 Å². The van der Waals surface area contributed by atoms with Gasteiger partial charge in [-0.25, -0.2) is 4.79 Å². The van der Waals surface area contributed by atoms with Crippen LogP contribution in [-0.2, 0) is 21.5 Å². The molecule has 162 valence electrons. The molecule has 1 saturated heterocycles. The third-order valence-corrected chi connectivity index (χ3v) is 7.57. The van der Waals surface area contributed by atoms with Gasteiger partial charge in [0.2, 0.25) is 0 Å². The normalized spacial score (nSPS) is 26.3. The predicted molar refractivity (Wildman–Crippen MR) is 122 cm³/mol. The molecule has 1 aromatic heterocycles. The van der Waals surface area contributed by atoms with Crippen LogP contribution in [0.4, 0.5) is 5.69 Å². The van der Waals surface area contributed by atoms with E-state index >= 15 is 0 Å². The van der Waals surface area contributed by atoms with Crippen LogP contribution in [0.25, 0.3) is 0 Å². The number of carbonyl (C=O) groups is 1. The van der Waals surface area contributed by atoms with Gasteiger partial charge in [-0.15, -0.1) is 0 Å². The molecular formula is C27H26N2O3. The van der Waals surface area contributed by atoms with Gasteiger partial charge in [0.25, 0.3) is 0 Å². The molecule has 3 aliphatic rings. The Balaban J connectivity index is 1.53. The highest BCUT2D eigenvalue weighted by atomic mass is 16.5. The van der Waals surface area contributed by atoms with Gasteiger partial charge in [-0.1, -0.05) is 48.5 Å².